The van der Waals surface area contributed by atoms with Crippen LogP contribution in [0, 0.1) is 11.8 Å². The Labute approximate surface area is 168 Å². The minimum Gasteiger partial charge on any atom is -0.368 e. The number of fused-ring (bicyclic) bond motifs is 5. The van der Waals surface area contributed by atoms with Gasteiger partial charge in [0.1, 0.15) is 0 Å². The van der Waals surface area contributed by atoms with Crippen molar-refractivity contribution in [3.05, 3.63) is 53.4 Å². The fraction of sp³-hybridized carbons (Fsp3) is 0.583. The first-order valence-corrected chi connectivity index (χ1v) is 10.4. The first kappa shape index (κ1) is 19.4. The molecule has 4 unspecified atom stereocenters. The van der Waals surface area contributed by atoms with Crippen molar-refractivity contribution in [1.29, 1.82) is 0 Å². The zero-order valence-electron chi connectivity index (χ0n) is 17.7. The molecule has 1 amide bonds. The molecule has 28 heavy (non-hydrogen) atoms. The maximum atomic E-state index is 12.4. The minimum absolute atomic E-state index is 0.00161. The highest BCUT2D eigenvalue weighted by Gasteiger charge is 2.61. The van der Waals surface area contributed by atoms with E-state index in [1.807, 2.05) is 12.1 Å². The zero-order valence-corrected chi connectivity index (χ0v) is 17.7. The Morgan fingerprint density at radius 3 is 2.57 bits per heavy atom. The lowest BCUT2D eigenvalue weighted by Crippen LogP contribution is -2.37. The second-order valence-electron chi connectivity index (χ2n) is 10.1. The third-order valence-corrected chi connectivity index (χ3v) is 6.79. The average Bonchev–Trinajstić information content (AvgIpc) is 3.08. The second-order valence-corrected chi connectivity index (χ2v) is 10.1. The topological polar surface area (TPSA) is 51.2 Å². The van der Waals surface area contributed by atoms with Crippen LogP contribution in [0.15, 0.2) is 42.1 Å². The second kappa shape index (κ2) is 6.55. The molecule has 1 aromatic rings. The molecule has 2 saturated heterocycles. The molecule has 3 aliphatic rings. The van der Waals surface area contributed by atoms with E-state index in [1.54, 1.807) is 6.20 Å². The minimum atomic E-state index is -0.0612. The average molecular weight is 381 g/mol. The van der Waals surface area contributed by atoms with Gasteiger partial charge in [-0.1, -0.05) is 44.6 Å². The van der Waals surface area contributed by atoms with E-state index in [0.29, 0.717) is 23.9 Å². The van der Waals surface area contributed by atoms with Crippen LogP contribution >= 0.6 is 0 Å². The van der Waals surface area contributed by atoms with E-state index in [4.69, 9.17) is 4.74 Å². The van der Waals surface area contributed by atoms with Gasteiger partial charge in [-0.15, -0.1) is 0 Å². The quantitative estimate of drug-likeness (QED) is 0.832. The molecular formula is C24H32N2O2. The summed E-state index contributed by atoms with van der Waals surface area (Å²) in [4.78, 5) is 16.9. The van der Waals surface area contributed by atoms with Gasteiger partial charge in [-0.05, 0) is 45.2 Å². The Balaban J connectivity index is 1.33. The molecule has 1 aromatic heterocycles. The number of hydrogen-bond acceptors (Lipinski definition) is 3. The van der Waals surface area contributed by atoms with Crippen LogP contribution < -0.4 is 5.32 Å². The maximum absolute atomic E-state index is 12.4. The van der Waals surface area contributed by atoms with Crippen LogP contribution in [0.3, 0.4) is 0 Å². The lowest BCUT2D eigenvalue weighted by Gasteiger charge is -2.35. The van der Waals surface area contributed by atoms with E-state index < -0.39 is 0 Å². The van der Waals surface area contributed by atoms with E-state index in [9.17, 15) is 4.79 Å². The number of allylic oxidation sites excluding steroid dienone is 1. The van der Waals surface area contributed by atoms with Crippen LogP contribution in [0.1, 0.15) is 69.9 Å². The Hall–Kier alpha value is -1.94. The summed E-state index contributed by atoms with van der Waals surface area (Å²) < 4.78 is 6.40. The van der Waals surface area contributed by atoms with Crippen molar-refractivity contribution in [3.8, 4) is 0 Å². The summed E-state index contributed by atoms with van der Waals surface area (Å²) in [6, 6.07) is 3.80. The number of carbonyl (C=O) groups is 1. The van der Waals surface area contributed by atoms with Gasteiger partial charge >= 0.3 is 0 Å². The Morgan fingerprint density at radius 1 is 1.21 bits per heavy atom. The normalized spacial score (nSPS) is 33.5. The van der Waals surface area contributed by atoms with E-state index in [-0.39, 0.29) is 22.5 Å². The lowest BCUT2D eigenvalue weighted by molar-refractivity contribution is -0.0375. The monoisotopic (exact) mass is 380 g/mol. The molecule has 2 aliphatic heterocycles. The Morgan fingerprint density at radius 2 is 1.93 bits per heavy atom. The number of nitrogens with one attached hydrogen (secondary N) is 1. The van der Waals surface area contributed by atoms with E-state index >= 15 is 0 Å². The highest BCUT2D eigenvalue weighted by Crippen LogP contribution is 2.59. The molecule has 150 valence electrons. The Bertz CT molecular complexity index is 833. The number of nitrogens with zero attached hydrogens (tertiary/aromatic N) is 1. The van der Waals surface area contributed by atoms with E-state index in [0.717, 1.165) is 25.0 Å². The number of pyridine rings is 1. The summed E-state index contributed by atoms with van der Waals surface area (Å²) in [5.74, 6) is 0.877. The summed E-state index contributed by atoms with van der Waals surface area (Å²) in [7, 11) is 0. The van der Waals surface area contributed by atoms with Gasteiger partial charge in [-0.3, -0.25) is 9.78 Å². The van der Waals surface area contributed by atoms with Crippen molar-refractivity contribution in [1.82, 2.24) is 10.3 Å². The molecule has 2 fully saturated rings. The first-order valence-electron chi connectivity index (χ1n) is 10.4. The summed E-state index contributed by atoms with van der Waals surface area (Å²) in [5, 5.41) is 3.03. The van der Waals surface area contributed by atoms with Crippen molar-refractivity contribution in [2.24, 2.45) is 11.8 Å². The van der Waals surface area contributed by atoms with Crippen LogP contribution in [0.2, 0.25) is 0 Å². The van der Waals surface area contributed by atoms with Crippen molar-refractivity contribution in [2.45, 2.75) is 70.5 Å². The molecule has 0 aromatic carbocycles. The van der Waals surface area contributed by atoms with Crippen LogP contribution in [0.5, 0.6) is 0 Å². The van der Waals surface area contributed by atoms with Gasteiger partial charge in [0, 0.05) is 35.7 Å². The maximum Gasteiger partial charge on any atom is 0.252 e. The van der Waals surface area contributed by atoms with Crippen LogP contribution in [-0.4, -0.2) is 28.6 Å². The van der Waals surface area contributed by atoms with Crippen LogP contribution in [0.25, 0.3) is 0 Å². The number of rotatable bonds is 4. The fourth-order valence-electron chi connectivity index (χ4n) is 5.04. The molecule has 1 N–H and O–H groups in total. The molecule has 0 saturated carbocycles. The number of hydrogen-bond donors (Lipinski definition) is 1. The van der Waals surface area contributed by atoms with Gasteiger partial charge in [0.2, 0.25) is 0 Å². The molecule has 4 nitrogen and oxygen atoms in total. The molecule has 3 heterocycles. The summed E-state index contributed by atoms with van der Waals surface area (Å²) in [6.07, 6.45) is 11.8. The first-order chi connectivity index (χ1) is 13.1. The predicted molar refractivity (Wildman–Crippen MR) is 111 cm³/mol. The summed E-state index contributed by atoms with van der Waals surface area (Å²) >= 11 is 0. The van der Waals surface area contributed by atoms with Gasteiger partial charge in [0.15, 0.2) is 0 Å². The van der Waals surface area contributed by atoms with Crippen molar-refractivity contribution < 1.29 is 9.53 Å². The molecule has 0 radical (unpaired) electrons. The smallest absolute Gasteiger partial charge is 0.252 e. The summed E-state index contributed by atoms with van der Waals surface area (Å²) in [5.41, 5.74) is 2.86. The van der Waals surface area contributed by atoms with Crippen molar-refractivity contribution >= 4 is 5.91 Å². The molecule has 4 heteroatoms. The highest BCUT2D eigenvalue weighted by atomic mass is 16.5. The van der Waals surface area contributed by atoms with Gasteiger partial charge < -0.3 is 10.1 Å². The number of carbonyl (C=O) groups excluding carboxylic acids is 1. The zero-order chi connectivity index (χ0) is 20.2. The van der Waals surface area contributed by atoms with Crippen molar-refractivity contribution in [2.75, 3.05) is 6.54 Å². The molecule has 4 atom stereocenters. The molecular weight excluding hydrogens is 348 g/mol. The van der Waals surface area contributed by atoms with Gasteiger partial charge in [0.05, 0.1) is 16.8 Å². The Kier molecular flexibility index (Phi) is 4.53. The summed E-state index contributed by atoms with van der Waals surface area (Å²) in [6.45, 7) is 11.5. The standard InChI is InChI=1S/C24H32N2O2/c1-22(2,3)20-9-7-17(15-26-20)21(27)25-13-10-16-6-8-18-19(14-16)24(5)12-11-23(18,4)28-24/h6-9,14-15,18-19H,10-13H2,1-5H3,(H,25,27). The van der Waals surface area contributed by atoms with Crippen molar-refractivity contribution in [3.63, 3.8) is 0 Å². The molecule has 0 spiro atoms. The number of amides is 1. The van der Waals surface area contributed by atoms with Crippen LogP contribution in [-0.2, 0) is 10.2 Å². The molecule has 2 bridgehead atoms. The van der Waals surface area contributed by atoms with Gasteiger partial charge in [0.25, 0.3) is 5.91 Å². The van der Waals surface area contributed by atoms with Crippen LogP contribution in [0.4, 0.5) is 0 Å². The SMILES string of the molecule is CC(C)(C)c1ccc(C(=O)NCCC2=CC3C(C=C2)C2(C)CCC3(C)O2)cn1. The third kappa shape index (κ3) is 3.32. The van der Waals surface area contributed by atoms with Gasteiger partial charge in [-0.2, -0.15) is 0 Å². The van der Waals surface area contributed by atoms with E-state index in [2.05, 4.69) is 63.1 Å². The number of ether oxygens (including phenoxy) is 1. The third-order valence-electron chi connectivity index (χ3n) is 6.79. The molecule has 4 rings (SSSR count). The largest absolute Gasteiger partial charge is 0.368 e. The van der Waals surface area contributed by atoms with Gasteiger partial charge in [-0.25, -0.2) is 0 Å². The molecule has 1 aliphatic carbocycles. The lowest BCUT2D eigenvalue weighted by atomic mass is 9.65. The number of aromatic nitrogens is 1. The van der Waals surface area contributed by atoms with E-state index in [1.165, 1.54) is 5.57 Å². The highest BCUT2D eigenvalue weighted by molar-refractivity contribution is 5.93. The predicted octanol–water partition coefficient (Wildman–Crippen LogP) is 4.57. The fourth-order valence-corrected chi connectivity index (χ4v) is 5.04.